The van der Waals surface area contributed by atoms with Gasteiger partial charge in [-0.05, 0) is 37.5 Å². The van der Waals surface area contributed by atoms with Crippen LogP contribution in [0, 0.1) is 12.8 Å². The van der Waals surface area contributed by atoms with Crippen molar-refractivity contribution in [3.05, 3.63) is 42.0 Å². The number of hydrogen-bond donors (Lipinski definition) is 1. The highest BCUT2D eigenvalue weighted by Gasteiger charge is 2.19. The molecule has 1 saturated carbocycles. The number of fused-ring (bicyclic) bond motifs is 3. The van der Waals surface area contributed by atoms with Crippen LogP contribution >= 0.6 is 11.3 Å². The van der Waals surface area contributed by atoms with Crippen molar-refractivity contribution in [1.29, 1.82) is 0 Å². The summed E-state index contributed by atoms with van der Waals surface area (Å²) in [4.78, 5) is 36.0. The smallest absolute Gasteiger partial charge is 0.184 e. The second-order valence-electron chi connectivity index (χ2n) is 7.27. The van der Waals surface area contributed by atoms with Gasteiger partial charge in [0.2, 0.25) is 0 Å². The lowest BCUT2D eigenvalue weighted by molar-refractivity contribution is -0.108. The van der Waals surface area contributed by atoms with Gasteiger partial charge in [-0.15, -0.1) is 0 Å². The number of pyridine rings is 2. The zero-order chi connectivity index (χ0) is 23.3. The fourth-order valence-corrected chi connectivity index (χ4v) is 4.05. The van der Waals surface area contributed by atoms with Gasteiger partial charge in [0, 0.05) is 49.1 Å². The molecule has 0 aromatic carbocycles. The molecule has 5 rings (SSSR count). The van der Waals surface area contributed by atoms with Gasteiger partial charge in [0.15, 0.2) is 10.9 Å². The van der Waals surface area contributed by atoms with E-state index in [0.29, 0.717) is 18.0 Å². The van der Waals surface area contributed by atoms with E-state index in [4.69, 9.17) is 0 Å². The van der Waals surface area contributed by atoms with Crippen LogP contribution in [-0.2, 0) is 4.79 Å². The Morgan fingerprint density at radius 3 is 2.56 bits per heavy atom. The van der Waals surface area contributed by atoms with Crippen molar-refractivity contribution in [3.63, 3.8) is 0 Å². The molecule has 8 heteroatoms. The first-order chi connectivity index (χ1) is 15.5. The van der Waals surface area contributed by atoms with Crippen molar-refractivity contribution in [2.75, 3.05) is 12.4 Å². The lowest BCUT2D eigenvalue weighted by Crippen LogP contribution is -2.02. The number of thiazole rings is 1. The molecule has 0 aliphatic heterocycles. The Morgan fingerprint density at radius 2 is 2.00 bits per heavy atom. The van der Waals surface area contributed by atoms with Gasteiger partial charge in [0.1, 0.15) is 28.0 Å². The highest BCUT2D eigenvalue weighted by Crippen LogP contribution is 2.34. The number of aryl methyl sites for hydroxylation is 1. The largest absolute Gasteiger partial charge is 0.365 e. The molecular weight excluding hydrogens is 422 g/mol. The van der Waals surface area contributed by atoms with Crippen LogP contribution in [0.15, 0.2) is 30.7 Å². The summed E-state index contributed by atoms with van der Waals surface area (Å²) in [5, 5.41) is 3.96. The van der Waals surface area contributed by atoms with Gasteiger partial charge in [-0.2, -0.15) is 0 Å². The third-order valence-corrected chi connectivity index (χ3v) is 6.14. The van der Waals surface area contributed by atoms with E-state index in [1.54, 1.807) is 23.7 Å². The number of carbonyl (C=O) groups excluding carboxylic acids is 2. The number of ketones is 1. The molecule has 1 N–H and O–H groups in total. The van der Waals surface area contributed by atoms with Crippen LogP contribution in [0.2, 0.25) is 0 Å². The molecule has 0 spiro atoms. The maximum absolute atomic E-state index is 11.9. The number of imidazole rings is 1. The number of aromatic nitrogens is 4. The zero-order valence-corrected chi connectivity index (χ0v) is 20.0. The highest BCUT2D eigenvalue weighted by atomic mass is 32.1. The van der Waals surface area contributed by atoms with Crippen molar-refractivity contribution in [2.24, 2.45) is 5.92 Å². The first-order valence-corrected chi connectivity index (χ1v) is 11.8. The van der Waals surface area contributed by atoms with Crippen molar-refractivity contribution in [1.82, 2.24) is 19.4 Å². The number of Topliss-reactive ketones (excluding diaryl/α,β-unsaturated/α-hetero) is 1. The van der Waals surface area contributed by atoms with Crippen molar-refractivity contribution in [2.45, 2.75) is 47.0 Å². The lowest BCUT2D eigenvalue weighted by Gasteiger charge is -2.09. The Morgan fingerprint density at radius 1 is 1.25 bits per heavy atom. The molecule has 1 aliphatic rings. The van der Waals surface area contributed by atoms with Gasteiger partial charge in [0.25, 0.3) is 0 Å². The quantitative estimate of drug-likeness (QED) is 0.315. The van der Waals surface area contributed by atoms with Crippen LogP contribution in [0.3, 0.4) is 0 Å². The van der Waals surface area contributed by atoms with Crippen molar-refractivity contribution < 1.29 is 9.59 Å². The van der Waals surface area contributed by atoms with Crippen LogP contribution in [-0.4, -0.2) is 38.5 Å². The van der Waals surface area contributed by atoms with E-state index in [1.165, 1.54) is 0 Å². The second kappa shape index (κ2) is 10.5. The first-order valence-electron chi connectivity index (χ1n) is 11.0. The monoisotopic (exact) mass is 451 g/mol. The lowest BCUT2D eigenvalue weighted by atomic mass is 10.0. The minimum absolute atomic E-state index is 0.0502. The number of anilines is 1. The number of carbonyl (C=O) groups is 2. The van der Waals surface area contributed by atoms with E-state index in [1.807, 2.05) is 57.5 Å². The van der Waals surface area contributed by atoms with Crippen molar-refractivity contribution in [3.8, 4) is 11.1 Å². The average Bonchev–Trinajstić information content (AvgIpc) is 3.38. The maximum atomic E-state index is 11.9. The van der Waals surface area contributed by atoms with Crippen LogP contribution in [0.25, 0.3) is 27.1 Å². The molecule has 0 atom stereocenters. The van der Waals surface area contributed by atoms with E-state index in [9.17, 15) is 9.59 Å². The Kier molecular flexibility index (Phi) is 7.69. The Balaban J connectivity index is 0.000000359. The molecule has 0 amide bonds. The molecule has 4 heterocycles. The molecule has 0 bridgehead atoms. The van der Waals surface area contributed by atoms with Gasteiger partial charge in [-0.25, -0.2) is 9.97 Å². The molecule has 0 unspecified atom stereocenters. The van der Waals surface area contributed by atoms with Gasteiger partial charge in [-0.3, -0.25) is 14.2 Å². The fourth-order valence-electron chi connectivity index (χ4n) is 3.17. The molecule has 1 aliphatic carbocycles. The maximum Gasteiger partial charge on any atom is 0.184 e. The minimum atomic E-state index is 0.0502. The third-order valence-electron chi connectivity index (χ3n) is 5.05. The zero-order valence-electron chi connectivity index (χ0n) is 19.2. The summed E-state index contributed by atoms with van der Waals surface area (Å²) in [6, 6.07) is 3.89. The number of rotatable bonds is 5. The van der Waals surface area contributed by atoms with Gasteiger partial charge >= 0.3 is 0 Å². The van der Waals surface area contributed by atoms with E-state index in [-0.39, 0.29) is 5.78 Å². The predicted octanol–water partition coefficient (Wildman–Crippen LogP) is 5.57. The summed E-state index contributed by atoms with van der Waals surface area (Å²) in [5.41, 5.74) is 5.20. The van der Waals surface area contributed by atoms with E-state index in [0.717, 1.165) is 56.9 Å². The molecule has 4 aromatic rings. The highest BCUT2D eigenvalue weighted by molar-refractivity contribution is 7.21. The van der Waals surface area contributed by atoms with E-state index in [2.05, 4.69) is 20.3 Å². The van der Waals surface area contributed by atoms with Crippen LogP contribution in [0.4, 0.5) is 5.13 Å². The molecule has 4 aromatic heterocycles. The van der Waals surface area contributed by atoms with Gasteiger partial charge in [0.05, 0.1) is 0 Å². The molecule has 168 valence electrons. The van der Waals surface area contributed by atoms with Gasteiger partial charge in [-0.1, -0.05) is 32.1 Å². The summed E-state index contributed by atoms with van der Waals surface area (Å²) in [5.74, 6) is 0.504. The van der Waals surface area contributed by atoms with Crippen LogP contribution in [0.1, 0.15) is 56.1 Å². The molecule has 0 radical (unpaired) electrons. The molecule has 0 saturated heterocycles. The minimum Gasteiger partial charge on any atom is -0.365 e. The average molecular weight is 452 g/mol. The Labute approximate surface area is 191 Å². The number of aldehydes is 1. The number of nitrogens with one attached hydrogen (secondary N) is 1. The Hall–Kier alpha value is -3.13. The summed E-state index contributed by atoms with van der Waals surface area (Å²) >= 11 is 1.59. The second-order valence-corrected chi connectivity index (χ2v) is 8.25. The van der Waals surface area contributed by atoms with E-state index < -0.39 is 0 Å². The predicted molar refractivity (Wildman–Crippen MR) is 131 cm³/mol. The van der Waals surface area contributed by atoms with E-state index >= 15 is 0 Å². The van der Waals surface area contributed by atoms with Gasteiger partial charge < -0.3 is 10.1 Å². The normalized spacial score (nSPS) is 12.5. The molecule has 32 heavy (non-hydrogen) atoms. The standard InChI is InChI=1S/C18H17N5OS.C4H6O.C2H6/c1-4-15(24)13-7-10(2)12(9-21-13)11-8-14-17(25-18(19-3)22-14)23-6-5-20-16(11)23;5-3-4-1-2-4;1-2/h5-9H,4H2,1-3H3,(H,19,22);3-4H,1-2H2;1-2H3. The SMILES string of the molecule is CC.CCC(=O)c1cc(C)c(-c2cc3nc(NC)sc3n3ccnc23)cn1.O=CC1CC1. The summed E-state index contributed by atoms with van der Waals surface area (Å²) in [7, 11) is 1.86. The Bertz CT molecular complexity index is 1240. The van der Waals surface area contributed by atoms with Crippen molar-refractivity contribution >= 4 is 44.5 Å². The topological polar surface area (TPSA) is 89.2 Å². The van der Waals surface area contributed by atoms with Crippen LogP contribution in [0.5, 0.6) is 0 Å². The van der Waals surface area contributed by atoms with Crippen LogP contribution < -0.4 is 5.32 Å². The third kappa shape index (κ3) is 4.85. The molecule has 7 nitrogen and oxygen atoms in total. The number of nitrogens with zero attached hydrogens (tertiary/aromatic N) is 4. The molecular formula is C24H29N5O2S. The summed E-state index contributed by atoms with van der Waals surface area (Å²) in [6.07, 6.45) is 9.26. The number of hydrogen-bond acceptors (Lipinski definition) is 7. The fraction of sp³-hybridized carbons (Fsp3) is 0.375. The summed E-state index contributed by atoms with van der Waals surface area (Å²) in [6.45, 7) is 7.84. The first kappa shape index (κ1) is 23.5. The summed E-state index contributed by atoms with van der Waals surface area (Å²) < 4.78 is 2.05. The molecule has 1 fully saturated rings.